The number of likely N-dealkylation sites (tertiary alicyclic amines) is 1. The highest BCUT2D eigenvalue weighted by molar-refractivity contribution is 6.30. The average molecular weight is 376 g/mol. The number of nitrogens with zero attached hydrogens (tertiary/aromatic N) is 2. The fraction of sp³-hybridized carbons (Fsp3) is 0.421. The Bertz CT molecular complexity index is 747. The Labute approximate surface area is 158 Å². The van der Waals surface area contributed by atoms with Crippen LogP contribution in [0.25, 0.3) is 0 Å². The normalized spacial score (nSPS) is 15.3. The minimum Gasteiger partial charge on any atom is -0.466 e. The first-order chi connectivity index (χ1) is 12.5. The zero-order valence-electron chi connectivity index (χ0n) is 14.9. The van der Waals surface area contributed by atoms with Crippen LogP contribution in [0.5, 0.6) is 0 Å². The smallest absolute Gasteiger partial charge is 0.309 e. The minimum atomic E-state index is -0.345. The van der Waals surface area contributed by atoms with Crippen molar-refractivity contribution in [3.63, 3.8) is 0 Å². The van der Waals surface area contributed by atoms with Gasteiger partial charge in [-0.15, -0.1) is 0 Å². The van der Waals surface area contributed by atoms with Gasteiger partial charge in [-0.2, -0.15) is 5.26 Å². The predicted molar refractivity (Wildman–Crippen MR) is 99.4 cm³/mol. The number of carbonyl (C=O) groups is 2. The second-order valence-electron chi connectivity index (χ2n) is 6.09. The van der Waals surface area contributed by atoms with Crippen molar-refractivity contribution >= 4 is 29.2 Å². The first-order valence-corrected chi connectivity index (χ1v) is 8.93. The Kier molecular flexibility index (Phi) is 7.05. The molecule has 1 aliphatic heterocycles. The standard InChI is InChI=1S/C19H22ClN3O3/c1-3-26-19(25)14-6-8-23(9-7-14)18(24)15(11-21)12-22-17-10-16(20)5-4-13(17)2/h4-5,10,12,14,22H,3,6-9H2,1-2H3/b15-12-. The number of piperidine rings is 1. The number of esters is 1. The number of nitriles is 1. The second-order valence-corrected chi connectivity index (χ2v) is 6.53. The van der Waals surface area contributed by atoms with E-state index >= 15 is 0 Å². The molecule has 0 spiro atoms. The zero-order chi connectivity index (χ0) is 19.1. The van der Waals surface area contributed by atoms with Crippen LogP contribution in [0.15, 0.2) is 30.0 Å². The van der Waals surface area contributed by atoms with Crippen LogP contribution in [-0.4, -0.2) is 36.5 Å². The van der Waals surface area contributed by atoms with Gasteiger partial charge in [-0.3, -0.25) is 9.59 Å². The van der Waals surface area contributed by atoms with E-state index in [1.165, 1.54) is 6.20 Å². The van der Waals surface area contributed by atoms with Gasteiger partial charge in [0.2, 0.25) is 0 Å². The number of benzene rings is 1. The van der Waals surface area contributed by atoms with Crippen molar-refractivity contribution in [3.8, 4) is 6.07 Å². The summed E-state index contributed by atoms with van der Waals surface area (Å²) in [6, 6.07) is 7.30. The van der Waals surface area contributed by atoms with E-state index in [-0.39, 0.29) is 23.4 Å². The Balaban J connectivity index is 2.00. The van der Waals surface area contributed by atoms with Gasteiger partial charge in [0.05, 0.1) is 12.5 Å². The van der Waals surface area contributed by atoms with Gasteiger partial charge in [-0.1, -0.05) is 17.7 Å². The summed E-state index contributed by atoms with van der Waals surface area (Å²) >= 11 is 5.97. The summed E-state index contributed by atoms with van der Waals surface area (Å²) < 4.78 is 5.03. The molecular formula is C19H22ClN3O3. The molecular weight excluding hydrogens is 354 g/mol. The van der Waals surface area contributed by atoms with E-state index in [0.717, 1.165) is 11.3 Å². The quantitative estimate of drug-likeness (QED) is 0.485. The molecule has 0 atom stereocenters. The molecule has 0 aliphatic carbocycles. The lowest BCUT2D eigenvalue weighted by atomic mass is 9.96. The van der Waals surface area contributed by atoms with E-state index in [9.17, 15) is 14.9 Å². The maximum Gasteiger partial charge on any atom is 0.309 e. The summed E-state index contributed by atoms with van der Waals surface area (Å²) in [6.07, 6.45) is 2.49. The first-order valence-electron chi connectivity index (χ1n) is 8.55. The highest BCUT2D eigenvalue weighted by Gasteiger charge is 2.29. The molecule has 1 N–H and O–H groups in total. The summed E-state index contributed by atoms with van der Waals surface area (Å²) in [7, 11) is 0. The highest BCUT2D eigenvalue weighted by Crippen LogP contribution is 2.22. The van der Waals surface area contributed by atoms with Crippen LogP contribution in [0.3, 0.4) is 0 Å². The highest BCUT2D eigenvalue weighted by atomic mass is 35.5. The summed E-state index contributed by atoms with van der Waals surface area (Å²) in [5.74, 6) is -0.739. The van der Waals surface area contributed by atoms with Crippen LogP contribution in [0.4, 0.5) is 5.69 Å². The molecule has 1 saturated heterocycles. The lowest BCUT2D eigenvalue weighted by molar-refractivity contribution is -0.150. The summed E-state index contributed by atoms with van der Waals surface area (Å²) in [5, 5.41) is 12.9. The number of hydrogen-bond acceptors (Lipinski definition) is 5. The van der Waals surface area contributed by atoms with E-state index in [1.807, 2.05) is 19.1 Å². The van der Waals surface area contributed by atoms with E-state index in [4.69, 9.17) is 16.3 Å². The van der Waals surface area contributed by atoms with Gasteiger partial charge >= 0.3 is 5.97 Å². The summed E-state index contributed by atoms with van der Waals surface area (Å²) in [5.41, 5.74) is 1.70. The van der Waals surface area contributed by atoms with Crippen LogP contribution < -0.4 is 5.32 Å². The number of anilines is 1. The fourth-order valence-electron chi connectivity index (χ4n) is 2.79. The van der Waals surface area contributed by atoms with Gasteiger partial charge in [-0.25, -0.2) is 0 Å². The van der Waals surface area contributed by atoms with Crippen LogP contribution in [0.1, 0.15) is 25.3 Å². The minimum absolute atomic E-state index is 0.0129. The molecule has 2 rings (SSSR count). The van der Waals surface area contributed by atoms with Gasteiger partial charge in [-0.05, 0) is 44.4 Å². The molecule has 0 radical (unpaired) electrons. The van der Waals surface area contributed by atoms with Crippen molar-refractivity contribution in [2.24, 2.45) is 5.92 Å². The largest absolute Gasteiger partial charge is 0.466 e. The Morgan fingerprint density at radius 1 is 1.42 bits per heavy atom. The molecule has 1 aromatic carbocycles. The Morgan fingerprint density at radius 3 is 2.73 bits per heavy atom. The summed E-state index contributed by atoms with van der Waals surface area (Å²) in [4.78, 5) is 25.9. The molecule has 26 heavy (non-hydrogen) atoms. The number of carbonyl (C=O) groups excluding carboxylic acids is 2. The molecule has 138 valence electrons. The predicted octanol–water partition coefficient (Wildman–Crippen LogP) is 3.27. The average Bonchev–Trinajstić information content (AvgIpc) is 2.65. The van der Waals surface area contributed by atoms with Crippen molar-refractivity contribution < 1.29 is 14.3 Å². The summed E-state index contributed by atoms with van der Waals surface area (Å²) in [6.45, 7) is 4.89. The van der Waals surface area contributed by atoms with Crippen molar-refractivity contribution in [2.45, 2.75) is 26.7 Å². The Hall–Kier alpha value is -2.52. The number of halogens is 1. The maximum absolute atomic E-state index is 12.6. The molecule has 7 heteroatoms. The van der Waals surface area contributed by atoms with E-state index in [1.54, 1.807) is 24.0 Å². The van der Waals surface area contributed by atoms with E-state index < -0.39 is 0 Å². The third-order valence-electron chi connectivity index (χ3n) is 4.32. The van der Waals surface area contributed by atoms with Gasteiger partial charge in [0, 0.05) is 30.0 Å². The van der Waals surface area contributed by atoms with Gasteiger partial charge in [0.15, 0.2) is 0 Å². The molecule has 1 fully saturated rings. The topological polar surface area (TPSA) is 82.4 Å². The van der Waals surface area contributed by atoms with Gasteiger partial charge < -0.3 is 15.0 Å². The van der Waals surface area contributed by atoms with Crippen LogP contribution in [0.2, 0.25) is 5.02 Å². The number of aryl methyl sites for hydroxylation is 1. The fourth-order valence-corrected chi connectivity index (χ4v) is 2.96. The molecule has 0 bridgehead atoms. The lowest BCUT2D eigenvalue weighted by Gasteiger charge is -2.30. The van der Waals surface area contributed by atoms with E-state index in [0.29, 0.717) is 37.6 Å². The van der Waals surface area contributed by atoms with Crippen LogP contribution in [-0.2, 0) is 14.3 Å². The third-order valence-corrected chi connectivity index (χ3v) is 4.56. The molecule has 1 aliphatic rings. The number of nitrogens with one attached hydrogen (secondary N) is 1. The van der Waals surface area contributed by atoms with Crippen molar-refractivity contribution in [3.05, 3.63) is 40.6 Å². The molecule has 0 saturated carbocycles. The first kappa shape index (κ1) is 19.8. The number of amides is 1. The van der Waals surface area contributed by atoms with Crippen LogP contribution in [0, 0.1) is 24.2 Å². The molecule has 1 amide bonds. The van der Waals surface area contributed by atoms with Crippen LogP contribution >= 0.6 is 11.6 Å². The second kappa shape index (κ2) is 9.25. The van der Waals surface area contributed by atoms with E-state index in [2.05, 4.69) is 5.32 Å². The Morgan fingerprint density at radius 2 is 2.12 bits per heavy atom. The van der Waals surface area contributed by atoms with Gasteiger partial charge in [0.25, 0.3) is 5.91 Å². The van der Waals surface area contributed by atoms with Crippen molar-refractivity contribution in [1.82, 2.24) is 4.90 Å². The molecule has 6 nitrogen and oxygen atoms in total. The molecule has 0 unspecified atom stereocenters. The molecule has 1 heterocycles. The molecule has 0 aromatic heterocycles. The van der Waals surface area contributed by atoms with Crippen molar-refractivity contribution in [1.29, 1.82) is 5.26 Å². The van der Waals surface area contributed by atoms with Crippen molar-refractivity contribution in [2.75, 3.05) is 25.0 Å². The maximum atomic E-state index is 12.6. The SMILES string of the molecule is CCOC(=O)C1CCN(C(=O)/C(C#N)=C\Nc2cc(Cl)ccc2C)CC1. The number of rotatable bonds is 5. The zero-order valence-corrected chi connectivity index (χ0v) is 15.7. The third kappa shape index (κ3) is 4.99. The monoisotopic (exact) mass is 375 g/mol. The number of hydrogen-bond donors (Lipinski definition) is 1. The molecule has 1 aromatic rings. The lowest BCUT2D eigenvalue weighted by Crippen LogP contribution is -2.41. The van der Waals surface area contributed by atoms with Gasteiger partial charge in [0.1, 0.15) is 11.6 Å². The number of ether oxygens (including phenoxy) is 1.